The second kappa shape index (κ2) is 9.07. The molecule has 9 heteroatoms. The second-order valence-electron chi connectivity index (χ2n) is 5.98. The number of hydrogen-bond acceptors (Lipinski definition) is 3. The molecule has 2 rings (SSSR count). The fourth-order valence-electron chi connectivity index (χ4n) is 2.83. The van der Waals surface area contributed by atoms with Crippen LogP contribution in [0.2, 0.25) is 5.02 Å². The van der Waals surface area contributed by atoms with Crippen LogP contribution < -0.4 is 10.6 Å². The number of hydrogen-bond donors (Lipinski definition) is 2. The Balaban J connectivity index is 0.00000312. The first-order valence-corrected chi connectivity index (χ1v) is 8.19. The number of likely N-dealkylation sites (N-methyl/N-ethyl adjacent to an activating group) is 1. The first-order valence-electron chi connectivity index (χ1n) is 7.81. The van der Waals surface area contributed by atoms with Gasteiger partial charge >= 0.3 is 6.18 Å². The summed E-state index contributed by atoms with van der Waals surface area (Å²) in [7, 11) is 1.88. The van der Waals surface area contributed by atoms with Crippen LogP contribution >= 0.6 is 24.0 Å². The SMILES string of the molecule is CNC1CCCN(C(C)C(=O)Nc2ccc(Cl)c(C(F)(F)F)c2)C1.Cl. The van der Waals surface area contributed by atoms with Gasteiger partial charge in [0.15, 0.2) is 0 Å². The van der Waals surface area contributed by atoms with Crippen LogP contribution in [0.4, 0.5) is 18.9 Å². The van der Waals surface area contributed by atoms with Crippen molar-refractivity contribution in [2.24, 2.45) is 0 Å². The molecule has 0 radical (unpaired) electrons. The predicted octanol–water partition coefficient (Wildman–Crippen LogP) is 3.79. The van der Waals surface area contributed by atoms with Gasteiger partial charge in [-0.3, -0.25) is 9.69 Å². The van der Waals surface area contributed by atoms with E-state index in [0.717, 1.165) is 38.1 Å². The largest absolute Gasteiger partial charge is 0.417 e. The fraction of sp³-hybridized carbons (Fsp3) is 0.562. The molecule has 1 saturated heterocycles. The summed E-state index contributed by atoms with van der Waals surface area (Å²) in [6, 6.07) is 3.27. The van der Waals surface area contributed by atoms with Gasteiger partial charge in [0.1, 0.15) is 0 Å². The van der Waals surface area contributed by atoms with E-state index in [1.54, 1.807) is 6.92 Å². The Bertz CT molecular complexity index is 598. The first-order chi connectivity index (χ1) is 11.2. The molecular weight excluding hydrogens is 378 g/mol. The van der Waals surface area contributed by atoms with Gasteiger partial charge in [-0.15, -0.1) is 12.4 Å². The normalized spacial score (nSPS) is 19.8. The van der Waals surface area contributed by atoms with Crippen LogP contribution in [0.1, 0.15) is 25.3 Å². The maximum absolute atomic E-state index is 12.9. The molecule has 2 unspecified atom stereocenters. The molecule has 0 aliphatic carbocycles. The van der Waals surface area contributed by atoms with Crippen LogP contribution in [0.25, 0.3) is 0 Å². The van der Waals surface area contributed by atoms with Crippen molar-refractivity contribution in [3.63, 3.8) is 0 Å². The Labute approximate surface area is 156 Å². The van der Waals surface area contributed by atoms with E-state index in [1.807, 2.05) is 11.9 Å². The van der Waals surface area contributed by atoms with E-state index in [0.29, 0.717) is 6.04 Å². The van der Waals surface area contributed by atoms with Gasteiger partial charge in [-0.25, -0.2) is 0 Å². The fourth-order valence-corrected chi connectivity index (χ4v) is 3.05. The van der Waals surface area contributed by atoms with Gasteiger partial charge < -0.3 is 10.6 Å². The average molecular weight is 400 g/mol. The number of rotatable bonds is 4. The lowest BCUT2D eigenvalue weighted by atomic mass is 10.0. The van der Waals surface area contributed by atoms with Gasteiger partial charge in [0, 0.05) is 18.3 Å². The molecule has 1 aromatic rings. The van der Waals surface area contributed by atoms with Crippen molar-refractivity contribution in [1.29, 1.82) is 0 Å². The molecule has 0 saturated carbocycles. The standard InChI is InChI=1S/C16H21ClF3N3O.ClH/c1-10(23-7-3-4-12(9-23)21-2)15(24)22-11-5-6-14(17)13(8-11)16(18,19)20;/h5-6,8,10,12,21H,3-4,7,9H2,1-2H3,(H,22,24);1H. The minimum Gasteiger partial charge on any atom is -0.325 e. The molecule has 1 aliphatic rings. The van der Waals surface area contributed by atoms with Crippen molar-refractivity contribution in [2.45, 2.75) is 38.0 Å². The first kappa shape index (κ1) is 22.0. The molecule has 0 aromatic heterocycles. The van der Waals surface area contributed by atoms with E-state index in [1.165, 1.54) is 6.07 Å². The molecule has 2 atom stereocenters. The van der Waals surface area contributed by atoms with Gasteiger partial charge in [-0.2, -0.15) is 13.2 Å². The minimum atomic E-state index is -4.56. The Morgan fingerprint density at radius 2 is 2.08 bits per heavy atom. The van der Waals surface area contributed by atoms with Gasteiger partial charge in [-0.05, 0) is 51.6 Å². The van der Waals surface area contributed by atoms with Gasteiger partial charge in [-0.1, -0.05) is 11.6 Å². The quantitative estimate of drug-likeness (QED) is 0.809. The van der Waals surface area contributed by atoms with Crippen LogP contribution in [-0.4, -0.2) is 43.0 Å². The van der Waals surface area contributed by atoms with Gasteiger partial charge in [0.25, 0.3) is 0 Å². The van der Waals surface area contributed by atoms with E-state index in [2.05, 4.69) is 10.6 Å². The highest BCUT2D eigenvalue weighted by atomic mass is 35.5. The Morgan fingerprint density at radius 3 is 2.68 bits per heavy atom. The third-order valence-electron chi connectivity index (χ3n) is 4.33. The summed E-state index contributed by atoms with van der Waals surface area (Å²) in [6.07, 6.45) is -2.54. The zero-order chi connectivity index (χ0) is 17.9. The van der Waals surface area contributed by atoms with E-state index >= 15 is 0 Å². The molecule has 0 spiro atoms. The lowest BCUT2D eigenvalue weighted by molar-refractivity contribution is -0.137. The zero-order valence-electron chi connectivity index (χ0n) is 14.0. The summed E-state index contributed by atoms with van der Waals surface area (Å²) in [5.41, 5.74) is -0.867. The summed E-state index contributed by atoms with van der Waals surface area (Å²) in [6.45, 7) is 3.29. The summed E-state index contributed by atoms with van der Waals surface area (Å²) in [5, 5.41) is 5.36. The monoisotopic (exact) mass is 399 g/mol. The Hall–Kier alpha value is -1.02. The molecule has 4 nitrogen and oxygen atoms in total. The van der Waals surface area contributed by atoms with Crippen LogP contribution in [0, 0.1) is 0 Å². The zero-order valence-corrected chi connectivity index (χ0v) is 15.6. The van der Waals surface area contributed by atoms with Crippen molar-refractivity contribution in [2.75, 3.05) is 25.5 Å². The summed E-state index contributed by atoms with van der Waals surface area (Å²) < 4.78 is 38.7. The van der Waals surface area contributed by atoms with Crippen LogP contribution in [0.5, 0.6) is 0 Å². The van der Waals surface area contributed by atoms with Crippen LogP contribution in [-0.2, 0) is 11.0 Å². The number of nitrogens with zero attached hydrogens (tertiary/aromatic N) is 1. The van der Waals surface area contributed by atoms with E-state index in [-0.39, 0.29) is 29.0 Å². The molecule has 1 fully saturated rings. The van der Waals surface area contributed by atoms with Crippen molar-refractivity contribution >= 4 is 35.6 Å². The third-order valence-corrected chi connectivity index (χ3v) is 4.66. The number of nitrogens with one attached hydrogen (secondary N) is 2. The van der Waals surface area contributed by atoms with Crippen LogP contribution in [0.3, 0.4) is 0 Å². The van der Waals surface area contributed by atoms with Crippen molar-refractivity contribution < 1.29 is 18.0 Å². The van der Waals surface area contributed by atoms with E-state index in [9.17, 15) is 18.0 Å². The maximum atomic E-state index is 12.9. The summed E-state index contributed by atoms with van der Waals surface area (Å²) in [4.78, 5) is 14.4. The number of benzene rings is 1. The third kappa shape index (κ3) is 5.74. The second-order valence-corrected chi connectivity index (χ2v) is 6.39. The molecule has 1 aliphatic heterocycles. The number of anilines is 1. The predicted molar refractivity (Wildman–Crippen MR) is 95.4 cm³/mol. The molecular formula is C16H22Cl2F3N3O. The molecule has 142 valence electrons. The maximum Gasteiger partial charge on any atom is 0.417 e. The Kier molecular flexibility index (Phi) is 7.99. The van der Waals surface area contributed by atoms with E-state index in [4.69, 9.17) is 11.6 Å². The number of halogens is 5. The minimum absolute atomic E-state index is 0. The van der Waals surface area contributed by atoms with Gasteiger partial charge in [0.05, 0.1) is 16.6 Å². The van der Waals surface area contributed by atoms with Gasteiger partial charge in [0.2, 0.25) is 5.91 Å². The molecule has 0 bridgehead atoms. The van der Waals surface area contributed by atoms with Crippen LogP contribution in [0.15, 0.2) is 18.2 Å². The highest BCUT2D eigenvalue weighted by Crippen LogP contribution is 2.36. The smallest absolute Gasteiger partial charge is 0.325 e. The lowest BCUT2D eigenvalue weighted by Crippen LogP contribution is -2.51. The number of amides is 1. The highest BCUT2D eigenvalue weighted by Gasteiger charge is 2.34. The topological polar surface area (TPSA) is 44.4 Å². The molecule has 1 amide bonds. The summed E-state index contributed by atoms with van der Waals surface area (Å²) >= 11 is 5.59. The average Bonchev–Trinajstić information content (AvgIpc) is 2.54. The number of carbonyl (C=O) groups excluding carboxylic acids is 1. The van der Waals surface area contributed by atoms with E-state index < -0.39 is 17.8 Å². The highest BCUT2D eigenvalue weighted by molar-refractivity contribution is 6.31. The van der Waals surface area contributed by atoms with Crippen molar-refractivity contribution in [3.8, 4) is 0 Å². The molecule has 1 aromatic carbocycles. The lowest BCUT2D eigenvalue weighted by Gasteiger charge is -2.35. The Morgan fingerprint density at radius 1 is 1.40 bits per heavy atom. The number of alkyl halides is 3. The number of carbonyl (C=O) groups is 1. The van der Waals surface area contributed by atoms with Crippen molar-refractivity contribution in [1.82, 2.24) is 10.2 Å². The molecule has 1 heterocycles. The van der Waals surface area contributed by atoms with Crippen molar-refractivity contribution in [3.05, 3.63) is 28.8 Å². The number of piperidine rings is 1. The molecule has 25 heavy (non-hydrogen) atoms. The molecule has 2 N–H and O–H groups in total. The summed E-state index contributed by atoms with van der Waals surface area (Å²) in [5.74, 6) is -0.331. The number of likely N-dealkylation sites (tertiary alicyclic amines) is 1.